The molecule has 0 radical (unpaired) electrons. The molecule has 2 aromatic heterocycles. The van der Waals surface area contributed by atoms with Crippen molar-refractivity contribution in [3.63, 3.8) is 0 Å². The number of anilines is 2. The largest absolute Gasteiger partial charge is 0.387 e. The van der Waals surface area contributed by atoms with Crippen molar-refractivity contribution in [1.82, 2.24) is 24.4 Å². The fraction of sp³-hybridized carbons (Fsp3) is 0.517. The van der Waals surface area contributed by atoms with E-state index in [1.165, 1.54) is 50.6 Å². The fourth-order valence-corrected chi connectivity index (χ4v) is 6.11. The summed E-state index contributed by atoms with van der Waals surface area (Å²) in [6.45, 7) is 6.20. The SMILES string of the molecule is CC(C)(O)C(F)CN1Cc2cc(NC(=O)c3cnn4cccnc34)c(N3CCN(C4CCCC4)CC3)cc2C1=O. The van der Waals surface area contributed by atoms with Crippen molar-refractivity contribution < 1.29 is 19.1 Å². The first-order valence-electron chi connectivity index (χ1n) is 14.1. The number of nitrogens with zero attached hydrogens (tertiary/aromatic N) is 6. The monoisotopic (exact) mass is 549 g/mol. The molecule has 1 atom stereocenters. The summed E-state index contributed by atoms with van der Waals surface area (Å²) >= 11 is 0. The smallest absolute Gasteiger partial charge is 0.261 e. The molecule has 0 spiro atoms. The normalized spacial score (nSPS) is 19.4. The lowest BCUT2D eigenvalue weighted by Crippen LogP contribution is -2.50. The van der Waals surface area contributed by atoms with Crippen LogP contribution in [0.2, 0.25) is 0 Å². The van der Waals surface area contributed by atoms with Crippen LogP contribution in [0.3, 0.4) is 0 Å². The highest BCUT2D eigenvalue weighted by molar-refractivity contribution is 6.10. The number of alkyl halides is 1. The van der Waals surface area contributed by atoms with Crippen molar-refractivity contribution in [1.29, 1.82) is 0 Å². The zero-order chi connectivity index (χ0) is 28.0. The molecule has 40 heavy (non-hydrogen) atoms. The number of rotatable bonds is 7. The number of hydrogen-bond acceptors (Lipinski definition) is 7. The maximum atomic E-state index is 14.7. The molecular weight excluding hydrogens is 513 g/mol. The van der Waals surface area contributed by atoms with Gasteiger partial charge in [-0.3, -0.25) is 14.5 Å². The number of piperazine rings is 1. The van der Waals surface area contributed by atoms with Crippen molar-refractivity contribution in [3.05, 3.63) is 53.5 Å². The van der Waals surface area contributed by atoms with Gasteiger partial charge in [-0.25, -0.2) is 13.9 Å². The summed E-state index contributed by atoms with van der Waals surface area (Å²) in [7, 11) is 0. The second-order valence-electron chi connectivity index (χ2n) is 11.7. The highest BCUT2D eigenvalue weighted by Crippen LogP contribution is 2.36. The maximum Gasteiger partial charge on any atom is 0.261 e. The number of carbonyl (C=O) groups is 2. The second kappa shape index (κ2) is 10.4. The average molecular weight is 550 g/mol. The topological polar surface area (TPSA) is 106 Å². The first-order valence-corrected chi connectivity index (χ1v) is 14.1. The molecule has 2 aliphatic heterocycles. The molecule has 2 N–H and O–H groups in total. The highest BCUT2D eigenvalue weighted by Gasteiger charge is 2.36. The molecule has 1 aromatic carbocycles. The summed E-state index contributed by atoms with van der Waals surface area (Å²) in [5.74, 6) is -0.607. The lowest BCUT2D eigenvalue weighted by Gasteiger charge is -2.39. The van der Waals surface area contributed by atoms with Crippen LogP contribution in [0, 0.1) is 0 Å². The van der Waals surface area contributed by atoms with Crippen LogP contribution in [-0.2, 0) is 6.54 Å². The van der Waals surface area contributed by atoms with Crippen LogP contribution < -0.4 is 10.2 Å². The Balaban J connectivity index is 1.29. The van der Waals surface area contributed by atoms with Gasteiger partial charge in [0.15, 0.2) is 5.65 Å². The van der Waals surface area contributed by atoms with Crippen LogP contribution in [-0.4, -0.2) is 91.9 Å². The number of carbonyl (C=O) groups excluding carboxylic acids is 2. The predicted octanol–water partition coefficient (Wildman–Crippen LogP) is 3.11. The third-order valence-electron chi connectivity index (χ3n) is 8.52. The van der Waals surface area contributed by atoms with Gasteiger partial charge in [-0.2, -0.15) is 5.10 Å². The van der Waals surface area contributed by atoms with Gasteiger partial charge in [0.2, 0.25) is 0 Å². The van der Waals surface area contributed by atoms with E-state index in [0.29, 0.717) is 28.5 Å². The standard InChI is InChI=1S/C29H36FN7O3/c1-29(2,40)25(30)18-36-17-19-14-23(33-27(38)22-16-32-37-9-5-8-31-26(22)37)24(15-21(19)28(36)39)35-12-10-34(11-13-35)20-6-3-4-7-20/h5,8-9,14-16,20,25,40H,3-4,6-7,10-13,17-18H2,1-2H3,(H,33,38). The number of fused-ring (bicyclic) bond motifs is 2. The van der Waals surface area contributed by atoms with Gasteiger partial charge in [-0.05, 0) is 50.5 Å². The Morgan fingerprint density at radius 1 is 1.20 bits per heavy atom. The van der Waals surface area contributed by atoms with Gasteiger partial charge in [0.05, 0.1) is 29.7 Å². The minimum absolute atomic E-state index is 0.206. The molecule has 1 saturated carbocycles. The number of aromatic nitrogens is 3. The fourth-order valence-electron chi connectivity index (χ4n) is 6.11. The van der Waals surface area contributed by atoms with Gasteiger partial charge in [0.25, 0.3) is 11.8 Å². The molecule has 4 heterocycles. The molecule has 1 aliphatic carbocycles. The van der Waals surface area contributed by atoms with Crippen LogP contribution in [0.5, 0.6) is 0 Å². The average Bonchev–Trinajstić information content (AvgIpc) is 3.68. The number of hydrogen-bond donors (Lipinski definition) is 2. The number of halogens is 1. The zero-order valence-corrected chi connectivity index (χ0v) is 23.0. The van der Waals surface area contributed by atoms with E-state index in [4.69, 9.17) is 0 Å². The van der Waals surface area contributed by atoms with Gasteiger partial charge in [-0.15, -0.1) is 0 Å². The third-order valence-corrected chi connectivity index (χ3v) is 8.52. The van der Waals surface area contributed by atoms with E-state index in [2.05, 4.69) is 25.2 Å². The molecule has 1 saturated heterocycles. The van der Waals surface area contributed by atoms with Gasteiger partial charge >= 0.3 is 0 Å². The van der Waals surface area contributed by atoms with E-state index in [1.807, 2.05) is 12.1 Å². The van der Waals surface area contributed by atoms with Crippen molar-refractivity contribution in [2.45, 2.75) is 63.9 Å². The first kappa shape index (κ1) is 26.6. The summed E-state index contributed by atoms with van der Waals surface area (Å²) in [5, 5.41) is 17.4. The highest BCUT2D eigenvalue weighted by atomic mass is 19.1. The quantitative estimate of drug-likeness (QED) is 0.467. The number of nitrogens with one attached hydrogen (secondary N) is 1. The summed E-state index contributed by atoms with van der Waals surface area (Å²) in [4.78, 5) is 37.3. The molecule has 1 unspecified atom stereocenters. The molecule has 11 heteroatoms. The maximum absolute atomic E-state index is 14.7. The molecule has 3 aromatic rings. The molecular formula is C29H36FN7O3. The van der Waals surface area contributed by atoms with Crippen molar-refractivity contribution >= 4 is 28.8 Å². The van der Waals surface area contributed by atoms with Gasteiger partial charge in [-0.1, -0.05) is 12.8 Å². The van der Waals surface area contributed by atoms with Crippen LogP contribution in [0.15, 0.2) is 36.8 Å². The Labute approximate surface area is 232 Å². The molecule has 3 aliphatic rings. The van der Waals surface area contributed by atoms with Gasteiger partial charge < -0.3 is 20.2 Å². The Morgan fingerprint density at radius 2 is 1.95 bits per heavy atom. The number of benzene rings is 1. The predicted molar refractivity (Wildman–Crippen MR) is 149 cm³/mol. The molecule has 6 rings (SSSR count). The number of amides is 2. The van der Waals surface area contributed by atoms with E-state index < -0.39 is 11.8 Å². The molecule has 2 fully saturated rings. The minimum atomic E-state index is -1.59. The van der Waals surface area contributed by atoms with E-state index >= 15 is 0 Å². The lowest BCUT2D eigenvalue weighted by molar-refractivity contribution is -0.0159. The number of aliphatic hydroxyl groups is 1. The molecule has 0 bridgehead atoms. The summed E-state index contributed by atoms with van der Waals surface area (Å²) in [6, 6.07) is 6.06. The minimum Gasteiger partial charge on any atom is -0.387 e. The van der Waals surface area contributed by atoms with Crippen LogP contribution in [0.1, 0.15) is 65.8 Å². The lowest BCUT2D eigenvalue weighted by atomic mass is 10.0. The van der Waals surface area contributed by atoms with Crippen LogP contribution in [0.4, 0.5) is 15.8 Å². The van der Waals surface area contributed by atoms with E-state index in [0.717, 1.165) is 37.4 Å². The van der Waals surface area contributed by atoms with Gasteiger partial charge in [0.1, 0.15) is 11.7 Å². The first-order chi connectivity index (χ1) is 19.2. The Morgan fingerprint density at radius 3 is 2.67 bits per heavy atom. The third kappa shape index (κ3) is 5.03. The zero-order valence-electron chi connectivity index (χ0n) is 23.0. The summed E-state index contributed by atoms with van der Waals surface area (Å²) < 4.78 is 16.3. The van der Waals surface area contributed by atoms with Crippen molar-refractivity contribution in [2.75, 3.05) is 42.9 Å². The Bertz CT molecular complexity index is 1420. The Kier molecular flexibility index (Phi) is 6.95. The van der Waals surface area contributed by atoms with Crippen LogP contribution in [0.25, 0.3) is 5.65 Å². The van der Waals surface area contributed by atoms with E-state index in [-0.39, 0.29) is 24.9 Å². The summed E-state index contributed by atoms with van der Waals surface area (Å²) in [5.41, 5.74) is 1.85. The van der Waals surface area contributed by atoms with Crippen molar-refractivity contribution in [2.24, 2.45) is 0 Å². The molecule has 2 amide bonds. The Hall–Kier alpha value is -3.57. The molecule has 10 nitrogen and oxygen atoms in total. The summed E-state index contributed by atoms with van der Waals surface area (Å²) in [6.07, 6.45) is 8.33. The van der Waals surface area contributed by atoms with Gasteiger partial charge in [0, 0.05) is 56.7 Å². The molecule has 212 valence electrons. The van der Waals surface area contributed by atoms with Crippen LogP contribution >= 0.6 is 0 Å². The van der Waals surface area contributed by atoms with E-state index in [1.54, 1.807) is 23.0 Å². The second-order valence-corrected chi connectivity index (χ2v) is 11.7. The van der Waals surface area contributed by atoms with Crippen molar-refractivity contribution in [3.8, 4) is 0 Å². The van der Waals surface area contributed by atoms with E-state index in [9.17, 15) is 19.1 Å².